The van der Waals surface area contributed by atoms with Crippen molar-refractivity contribution >= 4 is 34.8 Å². The Morgan fingerprint density at radius 1 is 1.36 bits per heavy atom. The monoisotopic (exact) mass is 379 g/mol. The van der Waals surface area contributed by atoms with Crippen LogP contribution in [0.4, 0.5) is 5.69 Å². The van der Waals surface area contributed by atoms with Gasteiger partial charge in [-0.2, -0.15) is 5.26 Å². The van der Waals surface area contributed by atoms with E-state index in [2.05, 4.69) is 5.32 Å². The molecule has 1 aromatic carbocycles. The Kier molecular flexibility index (Phi) is 6.21. The van der Waals surface area contributed by atoms with Gasteiger partial charge in [-0.25, -0.2) is 0 Å². The molecule has 0 unspecified atom stereocenters. The Hall–Kier alpha value is -2.33. The molecule has 130 valence electrons. The summed E-state index contributed by atoms with van der Waals surface area (Å²) < 4.78 is 6.23. The second kappa shape index (κ2) is 8.17. The fourth-order valence-corrected chi connectivity index (χ4v) is 2.68. The highest BCUT2D eigenvalue weighted by Gasteiger charge is 2.15. The van der Waals surface area contributed by atoms with Crippen LogP contribution in [0.2, 0.25) is 10.0 Å². The number of methoxy groups -OCH3 is 1. The highest BCUT2D eigenvalue weighted by Crippen LogP contribution is 2.25. The molecule has 2 rings (SSSR count). The minimum Gasteiger partial charge on any atom is -0.380 e. The van der Waals surface area contributed by atoms with E-state index in [0.29, 0.717) is 27.0 Å². The average Bonchev–Trinajstić information content (AvgIpc) is 2.55. The van der Waals surface area contributed by atoms with Crippen molar-refractivity contribution < 1.29 is 9.53 Å². The molecule has 1 heterocycles. The van der Waals surface area contributed by atoms with E-state index in [1.165, 1.54) is 17.7 Å². The van der Waals surface area contributed by atoms with Crippen LogP contribution in [0.3, 0.4) is 0 Å². The Labute approximate surface area is 154 Å². The predicted molar refractivity (Wildman–Crippen MR) is 96.0 cm³/mol. The molecule has 0 aliphatic heterocycles. The highest BCUT2D eigenvalue weighted by atomic mass is 35.5. The average molecular weight is 380 g/mol. The Morgan fingerprint density at radius 3 is 2.72 bits per heavy atom. The third kappa shape index (κ3) is 4.40. The molecule has 0 radical (unpaired) electrons. The smallest absolute Gasteiger partial charge is 0.269 e. The lowest BCUT2D eigenvalue weighted by Crippen LogP contribution is -2.31. The van der Waals surface area contributed by atoms with Gasteiger partial charge in [0.15, 0.2) is 0 Å². The van der Waals surface area contributed by atoms with Crippen molar-refractivity contribution in [2.24, 2.45) is 0 Å². The molecule has 0 fully saturated rings. The van der Waals surface area contributed by atoms with E-state index in [1.807, 2.05) is 6.07 Å². The Morgan fingerprint density at radius 2 is 2.08 bits per heavy atom. The molecule has 0 bridgehead atoms. The third-order valence-corrected chi connectivity index (χ3v) is 4.07. The lowest BCUT2D eigenvalue weighted by atomic mass is 10.1. The van der Waals surface area contributed by atoms with E-state index >= 15 is 0 Å². The lowest BCUT2D eigenvalue weighted by molar-refractivity contribution is -0.116. The van der Waals surface area contributed by atoms with Gasteiger partial charge >= 0.3 is 0 Å². The van der Waals surface area contributed by atoms with Crippen LogP contribution < -0.4 is 10.9 Å². The number of benzene rings is 1. The largest absolute Gasteiger partial charge is 0.380 e. The number of aryl methyl sites for hydroxylation is 1. The number of carbonyl (C=O) groups is 1. The maximum atomic E-state index is 12.5. The maximum absolute atomic E-state index is 12.5. The van der Waals surface area contributed by atoms with E-state index in [9.17, 15) is 14.9 Å². The van der Waals surface area contributed by atoms with Gasteiger partial charge in [-0.15, -0.1) is 0 Å². The van der Waals surface area contributed by atoms with Gasteiger partial charge in [0, 0.05) is 23.4 Å². The van der Waals surface area contributed by atoms with E-state index in [4.69, 9.17) is 27.9 Å². The fourth-order valence-electron chi connectivity index (χ4n) is 2.35. The minimum atomic E-state index is -0.540. The van der Waals surface area contributed by atoms with Crippen LogP contribution in [-0.2, 0) is 22.7 Å². The number of halogens is 2. The first-order valence-corrected chi connectivity index (χ1v) is 8.00. The fraction of sp³-hybridized carbons (Fsp3) is 0.235. The number of rotatable bonds is 5. The number of nitriles is 1. The third-order valence-electron chi connectivity index (χ3n) is 3.50. The first-order valence-electron chi connectivity index (χ1n) is 7.24. The van der Waals surface area contributed by atoms with Gasteiger partial charge in [-0.3, -0.25) is 9.59 Å². The number of anilines is 1. The minimum absolute atomic E-state index is 0.0407. The summed E-state index contributed by atoms with van der Waals surface area (Å²) in [6.45, 7) is 1.57. The van der Waals surface area contributed by atoms with Gasteiger partial charge in [0.25, 0.3) is 5.56 Å². The topological polar surface area (TPSA) is 84.1 Å². The van der Waals surface area contributed by atoms with Crippen LogP contribution in [0.5, 0.6) is 0 Å². The van der Waals surface area contributed by atoms with E-state index in [1.54, 1.807) is 25.1 Å². The Balaban J connectivity index is 2.31. The molecule has 0 saturated heterocycles. The molecule has 6 nitrogen and oxygen atoms in total. The van der Waals surface area contributed by atoms with Gasteiger partial charge in [0.2, 0.25) is 5.91 Å². The Bertz CT molecular complexity index is 917. The number of ether oxygens (including phenoxy) is 1. The molecular formula is C17H15Cl2N3O3. The van der Waals surface area contributed by atoms with Crippen molar-refractivity contribution in [3.63, 3.8) is 0 Å². The second-order valence-corrected chi connectivity index (χ2v) is 6.14. The number of amides is 1. The summed E-state index contributed by atoms with van der Waals surface area (Å²) in [6.07, 6.45) is 0. The van der Waals surface area contributed by atoms with Gasteiger partial charge in [-0.05, 0) is 31.2 Å². The van der Waals surface area contributed by atoms with Crippen molar-refractivity contribution in [1.82, 2.24) is 4.57 Å². The first kappa shape index (κ1) is 19.0. The molecule has 8 heteroatoms. The van der Waals surface area contributed by atoms with E-state index in [-0.39, 0.29) is 18.7 Å². The summed E-state index contributed by atoms with van der Waals surface area (Å²) >= 11 is 11.9. The molecule has 1 N–H and O–H groups in total. The number of hydrogen-bond acceptors (Lipinski definition) is 4. The molecule has 25 heavy (non-hydrogen) atoms. The molecule has 2 aromatic rings. The number of nitrogens with zero attached hydrogens (tertiary/aromatic N) is 2. The predicted octanol–water partition coefficient (Wildman–Crippen LogP) is 3.12. The highest BCUT2D eigenvalue weighted by molar-refractivity contribution is 6.35. The summed E-state index contributed by atoms with van der Waals surface area (Å²) in [5, 5.41) is 12.6. The molecule has 0 atom stereocenters. The molecule has 0 aliphatic rings. The van der Waals surface area contributed by atoms with Crippen LogP contribution in [0.25, 0.3) is 0 Å². The molecule has 1 amide bonds. The van der Waals surface area contributed by atoms with Crippen LogP contribution in [0, 0.1) is 18.3 Å². The number of pyridine rings is 1. The van der Waals surface area contributed by atoms with Crippen LogP contribution in [0.15, 0.2) is 29.1 Å². The normalized spacial score (nSPS) is 10.4. The number of hydrogen-bond donors (Lipinski definition) is 1. The maximum Gasteiger partial charge on any atom is 0.269 e. The van der Waals surface area contributed by atoms with Crippen molar-refractivity contribution in [1.29, 1.82) is 5.26 Å². The van der Waals surface area contributed by atoms with Crippen molar-refractivity contribution in [2.45, 2.75) is 20.1 Å². The van der Waals surface area contributed by atoms with Gasteiger partial charge in [0.05, 0.1) is 17.3 Å². The molecule has 0 spiro atoms. The summed E-state index contributed by atoms with van der Waals surface area (Å²) in [5.41, 5.74) is 0.801. The summed E-state index contributed by atoms with van der Waals surface area (Å²) in [6, 6.07) is 8.20. The zero-order valence-electron chi connectivity index (χ0n) is 13.6. The summed E-state index contributed by atoms with van der Waals surface area (Å²) in [7, 11) is 1.48. The number of nitrogens with one attached hydrogen (secondary N) is 1. The van der Waals surface area contributed by atoms with Crippen molar-refractivity contribution in [3.8, 4) is 6.07 Å². The molecule has 1 aromatic heterocycles. The molecule has 0 aliphatic carbocycles. The molecule has 0 saturated carbocycles. The van der Waals surface area contributed by atoms with E-state index in [0.717, 1.165) is 0 Å². The quantitative estimate of drug-likeness (QED) is 0.864. The van der Waals surface area contributed by atoms with Crippen molar-refractivity contribution in [3.05, 3.63) is 61.5 Å². The lowest BCUT2D eigenvalue weighted by Gasteiger charge is -2.14. The number of carbonyl (C=O) groups excluding carboxylic acids is 1. The molecular weight excluding hydrogens is 365 g/mol. The number of aromatic nitrogens is 1. The van der Waals surface area contributed by atoms with Gasteiger partial charge < -0.3 is 14.6 Å². The van der Waals surface area contributed by atoms with Gasteiger partial charge in [0.1, 0.15) is 18.2 Å². The van der Waals surface area contributed by atoms with Gasteiger partial charge in [-0.1, -0.05) is 23.2 Å². The van der Waals surface area contributed by atoms with E-state index < -0.39 is 11.5 Å². The summed E-state index contributed by atoms with van der Waals surface area (Å²) in [4.78, 5) is 24.8. The standard InChI is InChI=1S/C17H15Cl2N3O3/c1-10-5-11(9-25-2)13(7-20)17(24)22(10)8-16(23)21-15-6-12(18)3-4-14(15)19/h3-6H,8-9H2,1-2H3,(H,21,23). The van der Waals surface area contributed by atoms with Crippen LogP contribution in [-0.4, -0.2) is 17.6 Å². The second-order valence-electron chi connectivity index (χ2n) is 5.29. The van der Waals surface area contributed by atoms with Crippen LogP contribution in [0.1, 0.15) is 16.8 Å². The van der Waals surface area contributed by atoms with Crippen LogP contribution >= 0.6 is 23.2 Å². The zero-order chi connectivity index (χ0) is 18.6. The first-order chi connectivity index (χ1) is 11.9. The van der Waals surface area contributed by atoms with Crippen molar-refractivity contribution in [2.75, 3.05) is 12.4 Å². The SMILES string of the molecule is COCc1cc(C)n(CC(=O)Nc2cc(Cl)ccc2Cl)c(=O)c1C#N. The summed E-state index contributed by atoms with van der Waals surface area (Å²) in [5.74, 6) is -0.460. The zero-order valence-corrected chi connectivity index (χ0v) is 15.1.